The van der Waals surface area contributed by atoms with E-state index in [0.717, 1.165) is 18.5 Å². The van der Waals surface area contributed by atoms with Gasteiger partial charge in [0.1, 0.15) is 12.0 Å². The molecule has 2 aromatic heterocycles. The molecule has 2 heterocycles. The van der Waals surface area contributed by atoms with Crippen LogP contribution >= 0.6 is 0 Å². The van der Waals surface area contributed by atoms with Crippen molar-refractivity contribution in [1.82, 2.24) is 25.0 Å². The Balaban J connectivity index is 1.92. The van der Waals surface area contributed by atoms with Crippen molar-refractivity contribution < 1.29 is 4.79 Å². The highest BCUT2D eigenvalue weighted by atomic mass is 16.2. The van der Waals surface area contributed by atoms with Crippen LogP contribution in [0.2, 0.25) is 0 Å². The van der Waals surface area contributed by atoms with Crippen LogP contribution in [-0.4, -0.2) is 30.9 Å². The number of H-pyrrole nitrogens is 1. The lowest BCUT2D eigenvalue weighted by Crippen LogP contribution is -2.29. The molecule has 0 aromatic carbocycles. The van der Waals surface area contributed by atoms with Crippen LogP contribution in [0.4, 0.5) is 5.95 Å². The number of carbonyl (C=O) groups excluding carboxylic acids is 1. The van der Waals surface area contributed by atoms with Gasteiger partial charge in [0, 0.05) is 5.92 Å². The molecule has 1 aliphatic carbocycles. The van der Waals surface area contributed by atoms with Crippen molar-refractivity contribution in [2.75, 3.05) is 5.32 Å². The number of nitrogens with zero attached hydrogens (tertiary/aromatic N) is 4. The Hall–Kier alpha value is -2.18. The number of carbonyl (C=O) groups is 1. The predicted molar refractivity (Wildman–Crippen MR) is 73.5 cm³/mol. The summed E-state index contributed by atoms with van der Waals surface area (Å²) in [7, 11) is 0. The third-order valence-electron chi connectivity index (χ3n) is 3.24. The van der Waals surface area contributed by atoms with Gasteiger partial charge in [-0.2, -0.15) is 15.2 Å². The fraction of sp³-hybridized carbons (Fsp3) is 0.538. The molecular formula is C13H18N6O. The van der Waals surface area contributed by atoms with E-state index < -0.39 is 0 Å². The molecule has 0 spiro atoms. The van der Waals surface area contributed by atoms with Gasteiger partial charge < -0.3 is 0 Å². The minimum absolute atomic E-state index is 0.226. The van der Waals surface area contributed by atoms with Gasteiger partial charge in [0.25, 0.3) is 5.91 Å². The van der Waals surface area contributed by atoms with E-state index in [-0.39, 0.29) is 11.4 Å². The summed E-state index contributed by atoms with van der Waals surface area (Å²) in [6.07, 6.45) is 3.67. The van der Waals surface area contributed by atoms with E-state index in [1.165, 1.54) is 6.33 Å². The van der Waals surface area contributed by atoms with Crippen LogP contribution in [0.3, 0.4) is 0 Å². The molecule has 106 valence electrons. The Morgan fingerprint density at radius 1 is 1.45 bits per heavy atom. The highest BCUT2D eigenvalue weighted by molar-refractivity contribution is 6.02. The SMILES string of the molecule is CC(C)(C)n1nc(C2CC2)cc1C(=O)Nc1ncn[nH]1. The number of anilines is 1. The molecule has 0 saturated heterocycles. The van der Waals surface area contributed by atoms with E-state index in [1.54, 1.807) is 4.68 Å². The zero-order valence-electron chi connectivity index (χ0n) is 11.8. The van der Waals surface area contributed by atoms with Crippen LogP contribution in [0.15, 0.2) is 12.4 Å². The number of amides is 1. The molecule has 7 heteroatoms. The lowest BCUT2D eigenvalue weighted by Gasteiger charge is -2.21. The summed E-state index contributed by atoms with van der Waals surface area (Å²) in [5, 5.41) is 13.6. The Kier molecular flexibility index (Phi) is 2.84. The zero-order valence-corrected chi connectivity index (χ0v) is 11.8. The fourth-order valence-electron chi connectivity index (χ4n) is 2.09. The molecule has 0 atom stereocenters. The van der Waals surface area contributed by atoms with E-state index in [4.69, 9.17) is 0 Å². The molecule has 0 radical (unpaired) electrons. The van der Waals surface area contributed by atoms with Crippen molar-refractivity contribution in [2.45, 2.75) is 45.1 Å². The van der Waals surface area contributed by atoms with Crippen molar-refractivity contribution in [2.24, 2.45) is 0 Å². The monoisotopic (exact) mass is 274 g/mol. The van der Waals surface area contributed by atoms with E-state index in [1.807, 2.05) is 26.8 Å². The molecule has 1 aliphatic rings. The van der Waals surface area contributed by atoms with Crippen LogP contribution in [0.25, 0.3) is 0 Å². The molecule has 1 saturated carbocycles. The molecule has 0 unspecified atom stereocenters. The summed E-state index contributed by atoms with van der Waals surface area (Å²) in [6.45, 7) is 6.09. The van der Waals surface area contributed by atoms with E-state index >= 15 is 0 Å². The first-order chi connectivity index (χ1) is 9.45. The number of hydrogen-bond acceptors (Lipinski definition) is 4. The molecule has 0 bridgehead atoms. The van der Waals surface area contributed by atoms with Crippen LogP contribution in [0.1, 0.15) is 55.7 Å². The molecule has 1 amide bonds. The maximum Gasteiger partial charge on any atom is 0.276 e. The lowest BCUT2D eigenvalue weighted by molar-refractivity contribution is 0.100. The van der Waals surface area contributed by atoms with Crippen molar-refractivity contribution in [1.29, 1.82) is 0 Å². The summed E-state index contributed by atoms with van der Waals surface area (Å²) in [5.41, 5.74) is 1.31. The number of aromatic amines is 1. The van der Waals surface area contributed by atoms with Crippen LogP contribution in [0.5, 0.6) is 0 Å². The molecule has 2 aromatic rings. The average Bonchev–Trinajstić information content (AvgIpc) is 2.91. The largest absolute Gasteiger partial charge is 0.289 e. The first-order valence-corrected chi connectivity index (χ1v) is 6.72. The second kappa shape index (κ2) is 4.43. The van der Waals surface area contributed by atoms with E-state index in [2.05, 4.69) is 25.6 Å². The van der Waals surface area contributed by atoms with Crippen LogP contribution < -0.4 is 5.32 Å². The maximum absolute atomic E-state index is 12.4. The standard InChI is InChI=1S/C13H18N6O/c1-13(2,3)19-10(6-9(18-19)8-4-5-8)11(20)16-12-14-7-15-17-12/h6-8H,4-5H2,1-3H3,(H2,14,15,16,17,20). The van der Waals surface area contributed by atoms with Gasteiger partial charge in [-0.3, -0.25) is 14.8 Å². The summed E-state index contributed by atoms with van der Waals surface area (Å²) in [6, 6.07) is 1.88. The van der Waals surface area contributed by atoms with Gasteiger partial charge in [0.15, 0.2) is 0 Å². The van der Waals surface area contributed by atoms with Gasteiger partial charge in [0.05, 0.1) is 11.2 Å². The lowest BCUT2D eigenvalue weighted by atomic mass is 10.1. The van der Waals surface area contributed by atoms with Crippen molar-refractivity contribution in [3.05, 3.63) is 23.8 Å². The maximum atomic E-state index is 12.4. The third-order valence-corrected chi connectivity index (χ3v) is 3.24. The van der Waals surface area contributed by atoms with Gasteiger partial charge in [-0.05, 0) is 39.7 Å². The first kappa shape index (κ1) is 12.8. The average molecular weight is 274 g/mol. The van der Waals surface area contributed by atoms with Crippen molar-refractivity contribution >= 4 is 11.9 Å². The topological polar surface area (TPSA) is 88.5 Å². The highest BCUT2D eigenvalue weighted by Crippen LogP contribution is 2.40. The van der Waals surface area contributed by atoms with E-state index in [0.29, 0.717) is 17.6 Å². The van der Waals surface area contributed by atoms with Crippen molar-refractivity contribution in [3.63, 3.8) is 0 Å². The predicted octanol–water partition coefficient (Wildman–Crippen LogP) is 1.89. The van der Waals surface area contributed by atoms with E-state index in [9.17, 15) is 4.79 Å². The van der Waals surface area contributed by atoms with Gasteiger partial charge in [-0.25, -0.2) is 5.10 Å². The minimum atomic E-state index is -0.249. The molecule has 0 aliphatic heterocycles. The van der Waals surface area contributed by atoms with Crippen molar-refractivity contribution in [3.8, 4) is 0 Å². The Bertz CT molecular complexity index is 618. The Labute approximate surface area is 116 Å². The first-order valence-electron chi connectivity index (χ1n) is 6.72. The van der Waals surface area contributed by atoms with Crippen LogP contribution in [0, 0.1) is 0 Å². The fourth-order valence-corrected chi connectivity index (χ4v) is 2.09. The summed E-state index contributed by atoms with van der Waals surface area (Å²) >= 11 is 0. The third kappa shape index (κ3) is 2.43. The number of hydrogen-bond donors (Lipinski definition) is 2. The number of aromatic nitrogens is 5. The minimum Gasteiger partial charge on any atom is -0.289 e. The molecule has 2 N–H and O–H groups in total. The number of nitrogens with one attached hydrogen (secondary N) is 2. The second-order valence-corrected chi connectivity index (χ2v) is 6.10. The Morgan fingerprint density at radius 3 is 2.75 bits per heavy atom. The summed E-state index contributed by atoms with van der Waals surface area (Å²) < 4.78 is 1.78. The highest BCUT2D eigenvalue weighted by Gasteiger charge is 2.31. The summed E-state index contributed by atoms with van der Waals surface area (Å²) in [5.74, 6) is 0.621. The quantitative estimate of drug-likeness (QED) is 0.894. The smallest absolute Gasteiger partial charge is 0.276 e. The molecule has 20 heavy (non-hydrogen) atoms. The van der Waals surface area contributed by atoms with Gasteiger partial charge >= 0.3 is 0 Å². The normalized spacial score (nSPS) is 15.3. The molecule has 1 fully saturated rings. The number of rotatable bonds is 3. The molecule has 7 nitrogen and oxygen atoms in total. The van der Waals surface area contributed by atoms with Gasteiger partial charge in [0.2, 0.25) is 5.95 Å². The molecular weight excluding hydrogens is 256 g/mol. The van der Waals surface area contributed by atoms with Gasteiger partial charge in [-0.1, -0.05) is 0 Å². The van der Waals surface area contributed by atoms with Crippen LogP contribution in [-0.2, 0) is 5.54 Å². The second-order valence-electron chi connectivity index (χ2n) is 6.10. The summed E-state index contributed by atoms with van der Waals surface area (Å²) in [4.78, 5) is 16.3. The molecule has 3 rings (SSSR count). The Morgan fingerprint density at radius 2 is 2.20 bits per heavy atom. The zero-order chi connectivity index (χ0) is 14.3. The van der Waals surface area contributed by atoms with Gasteiger partial charge in [-0.15, -0.1) is 0 Å².